The monoisotopic (exact) mass is 422 g/mol. The van der Waals surface area contributed by atoms with Gasteiger partial charge in [-0.25, -0.2) is 0 Å². The molecular formula is C25H30N2O4. The van der Waals surface area contributed by atoms with Crippen LogP contribution >= 0.6 is 0 Å². The van der Waals surface area contributed by atoms with Crippen molar-refractivity contribution < 1.29 is 19.0 Å². The summed E-state index contributed by atoms with van der Waals surface area (Å²) in [5, 5.41) is 0.873. The maximum atomic E-state index is 12.0. The molecule has 0 saturated carbocycles. The lowest BCUT2D eigenvalue weighted by atomic mass is 9.77. The average molecular weight is 423 g/mol. The van der Waals surface area contributed by atoms with Gasteiger partial charge in [-0.2, -0.15) is 0 Å². The van der Waals surface area contributed by atoms with Crippen LogP contribution in [-0.4, -0.2) is 36.4 Å². The fraction of sp³-hybridized carbons (Fsp3) is 0.400. The molecule has 1 fully saturated rings. The number of fused-ring (bicyclic) bond motifs is 1. The number of hydrogen-bond acceptors (Lipinski definition) is 5. The zero-order valence-corrected chi connectivity index (χ0v) is 18.7. The fourth-order valence-corrected chi connectivity index (χ4v) is 4.39. The van der Waals surface area contributed by atoms with E-state index in [-0.39, 0.29) is 6.10 Å². The Balaban J connectivity index is 1.66. The number of H-pyrrole nitrogens is 1. The number of carbonyl (C=O) groups excluding carboxylic acids is 1. The van der Waals surface area contributed by atoms with Crippen LogP contribution in [0.15, 0.2) is 36.4 Å². The molecule has 3 N–H and O–H groups in total. The van der Waals surface area contributed by atoms with Gasteiger partial charge in [-0.3, -0.25) is 4.79 Å². The van der Waals surface area contributed by atoms with E-state index in [1.807, 2.05) is 50.2 Å². The number of rotatable bonds is 6. The molecule has 6 heteroatoms. The lowest BCUT2D eigenvalue weighted by Gasteiger charge is -2.28. The molecule has 1 aliphatic heterocycles. The summed E-state index contributed by atoms with van der Waals surface area (Å²) in [7, 11) is 0. The summed E-state index contributed by atoms with van der Waals surface area (Å²) in [5.41, 5.74) is 10.7. The highest BCUT2D eigenvalue weighted by molar-refractivity contribution is 6.00. The molecule has 0 amide bonds. The number of hydrogen-bond donors (Lipinski definition) is 2. The zero-order chi connectivity index (χ0) is 22.4. The van der Waals surface area contributed by atoms with Gasteiger partial charge >= 0.3 is 0 Å². The Morgan fingerprint density at radius 1 is 1.26 bits per heavy atom. The molecule has 1 atom stereocenters. The maximum Gasteiger partial charge on any atom is 0.163 e. The number of nitrogen functional groups attached to an aromatic ring is 1. The van der Waals surface area contributed by atoms with Crippen molar-refractivity contribution in [2.75, 3.05) is 18.9 Å². The minimum Gasteiger partial charge on any atom is -0.491 e. The van der Waals surface area contributed by atoms with Crippen molar-refractivity contribution >= 4 is 22.9 Å². The zero-order valence-electron chi connectivity index (χ0n) is 18.7. The summed E-state index contributed by atoms with van der Waals surface area (Å²) in [6, 6.07) is 11.6. The molecular weight excluding hydrogens is 392 g/mol. The molecule has 2 heterocycles. The van der Waals surface area contributed by atoms with Gasteiger partial charge in [0.2, 0.25) is 0 Å². The summed E-state index contributed by atoms with van der Waals surface area (Å²) in [4.78, 5) is 15.5. The highest BCUT2D eigenvalue weighted by atomic mass is 16.7. The number of nitrogens with one attached hydrogen (secondary N) is 1. The van der Waals surface area contributed by atoms with E-state index in [2.05, 4.69) is 25.8 Å². The minimum atomic E-state index is -0.571. The highest BCUT2D eigenvalue weighted by Gasteiger charge is 2.34. The molecule has 0 unspecified atom stereocenters. The molecule has 1 saturated heterocycles. The lowest BCUT2D eigenvalue weighted by Crippen LogP contribution is -2.25. The first kappa shape index (κ1) is 21.4. The molecule has 0 aliphatic carbocycles. The molecule has 1 aliphatic rings. The van der Waals surface area contributed by atoms with Crippen molar-refractivity contribution in [2.45, 2.75) is 51.9 Å². The second-order valence-electron chi connectivity index (χ2n) is 9.20. The van der Waals surface area contributed by atoms with Gasteiger partial charge in [0.25, 0.3) is 0 Å². The van der Waals surface area contributed by atoms with E-state index in [4.69, 9.17) is 19.9 Å². The van der Waals surface area contributed by atoms with Crippen LogP contribution in [0.5, 0.6) is 5.75 Å². The predicted molar refractivity (Wildman–Crippen MR) is 122 cm³/mol. The van der Waals surface area contributed by atoms with Gasteiger partial charge < -0.3 is 24.9 Å². The van der Waals surface area contributed by atoms with Crippen LogP contribution in [-0.2, 0) is 14.9 Å². The molecule has 2 aromatic carbocycles. The van der Waals surface area contributed by atoms with E-state index in [1.54, 1.807) is 0 Å². The van der Waals surface area contributed by atoms with Crippen LogP contribution in [0.2, 0.25) is 0 Å². The van der Waals surface area contributed by atoms with Crippen LogP contribution in [0, 0.1) is 6.92 Å². The van der Waals surface area contributed by atoms with E-state index in [1.165, 1.54) is 0 Å². The van der Waals surface area contributed by atoms with Gasteiger partial charge in [-0.15, -0.1) is 0 Å². The quantitative estimate of drug-likeness (QED) is 0.443. The van der Waals surface area contributed by atoms with E-state index in [0.717, 1.165) is 39.8 Å². The first-order valence-corrected chi connectivity index (χ1v) is 10.5. The van der Waals surface area contributed by atoms with Crippen molar-refractivity contribution in [2.24, 2.45) is 0 Å². The standard InChI is InChI=1S/C25H30N2O4/c1-15-6-8-17(29-13-18-14-30-25(4,5)31-18)11-21(15)24(2,3)23-20(12-28)19-9-7-16(26)10-22(19)27-23/h6-12,18,27H,13-14,26H2,1-5H3/t18-/m0/s1. The molecule has 0 radical (unpaired) electrons. The number of aromatic nitrogens is 1. The van der Waals surface area contributed by atoms with E-state index >= 15 is 0 Å². The third-order valence-electron chi connectivity index (χ3n) is 5.99. The molecule has 1 aromatic heterocycles. The third-order valence-corrected chi connectivity index (χ3v) is 5.99. The number of aryl methyl sites for hydroxylation is 1. The van der Waals surface area contributed by atoms with Gasteiger partial charge in [0.1, 0.15) is 18.5 Å². The molecule has 0 bridgehead atoms. The number of anilines is 1. The van der Waals surface area contributed by atoms with Crippen molar-refractivity contribution in [3.63, 3.8) is 0 Å². The second-order valence-corrected chi connectivity index (χ2v) is 9.20. The number of nitrogens with two attached hydrogens (primary N) is 1. The summed E-state index contributed by atoms with van der Waals surface area (Å²) in [5.74, 6) is 0.189. The number of aromatic amines is 1. The van der Waals surface area contributed by atoms with E-state index in [0.29, 0.717) is 24.5 Å². The Kier molecular flexibility index (Phi) is 5.31. The lowest BCUT2D eigenvalue weighted by molar-refractivity contribution is -0.141. The number of benzene rings is 2. The van der Waals surface area contributed by atoms with Crippen molar-refractivity contribution in [3.05, 3.63) is 58.8 Å². The molecule has 3 aromatic rings. The Bertz CT molecular complexity index is 1130. The summed E-state index contributed by atoms with van der Waals surface area (Å²) in [6.07, 6.45) is 0.814. The van der Waals surface area contributed by atoms with Crippen molar-refractivity contribution in [3.8, 4) is 5.75 Å². The number of aldehydes is 1. The van der Waals surface area contributed by atoms with Gasteiger partial charge in [-0.05, 0) is 56.2 Å². The van der Waals surface area contributed by atoms with E-state index in [9.17, 15) is 4.79 Å². The third kappa shape index (κ3) is 4.05. The highest BCUT2D eigenvalue weighted by Crippen LogP contribution is 2.39. The fourth-order valence-electron chi connectivity index (χ4n) is 4.39. The summed E-state index contributed by atoms with van der Waals surface area (Å²) < 4.78 is 17.5. The Hall–Kier alpha value is -2.83. The Labute approximate surface area is 182 Å². The topological polar surface area (TPSA) is 86.6 Å². The van der Waals surface area contributed by atoms with Crippen molar-refractivity contribution in [1.82, 2.24) is 4.98 Å². The SMILES string of the molecule is Cc1ccc(OC[C@H]2COC(C)(C)O2)cc1C(C)(C)c1[nH]c2cc(N)ccc2c1C=O. The van der Waals surface area contributed by atoms with Crippen LogP contribution in [0.25, 0.3) is 10.9 Å². The van der Waals surface area contributed by atoms with Crippen LogP contribution < -0.4 is 10.5 Å². The maximum absolute atomic E-state index is 12.0. The summed E-state index contributed by atoms with van der Waals surface area (Å²) in [6.45, 7) is 11.0. The molecule has 4 rings (SSSR count). The van der Waals surface area contributed by atoms with Gasteiger partial charge in [-0.1, -0.05) is 26.0 Å². The summed E-state index contributed by atoms with van der Waals surface area (Å²) >= 11 is 0. The van der Waals surface area contributed by atoms with Crippen LogP contribution in [0.4, 0.5) is 5.69 Å². The predicted octanol–water partition coefficient (Wildman–Crippen LogP) is 4.73. The van der Waals surface area contributed by atoms with Crippen molar-refractivity contribution in [1.29, 1.82) is 0 Å². The molecule has 0 spiro atoms. The Morgan fingerprint density at radius 2 is 2.03 bits per heavy atom. The normalized spacial score (nSPS) is 18.4. The first-order valence-electron chi connectivity index (χ1n) is 10.5. The number of ether oxygens (including phenoxy) is 3. The second kappa shape index (κ2) is 7.70. The molecule has 164 valence electrons. The van der Waals surface area contributed by atoms with Gasteiger partial charge in [0.15, 0.2) is 12.1 Å². The minimum absolute atomic E-state index is 0.103. The average Bonchev–Trinajstić information content (AvgIpc) is 3.26. The molecule has 31 heavy (non-hydrogen) atoms. The molecule has 6 nitrogen and oxygen atoms in total. The van der Waals surface area contributed by atoms with Gasteiger partial charge in [0, 0.05) is 33.3 Å². The Morgan fingerprint density at radius 3 is 2.71 bits per heavy atom. The van der Waals surface area contributed by atoms with Crippen LogP contribution in [0.1, 0.15) is 54.9 Å². The first-order chi connectivity index (χ1) is 14.6. The van der Waals surface area contributed by atoms with E-state index < -0.39 is 11.2 Å². The number of carbonyl (C=O) groups is 1. The van der Waals surface area contributed by atoms with Crippen LogP contribution in [0.3, 0.4) is 0 Å². The largest absolute Gasteiger partial charge is 0.491 e. The van der Waals surface area contributed by atoms with Gasteiger partial charge in [0.05, 0.1) is 6.61 Å². The smallest absolute Gasteiger partial charge is 0.163 e.